The minimum Gasteiger partial charge on any atom is -0.308 e. The Labute approximate surface area is 209 Å². The number of carbonyl (C=O) groups excluding carboxylic acids is 1. The van der Waals surface area contributed by atoms with Crippen molar-refractivity contribution < 1.29 is 18.0 Å². The van der Waals surface area contributed by atoms with E-state index in [1.165, 1.54) is 23.0 Å². The minimum absolute atomic E-state index is 0.172. The van der Waals surface area contributed by atoms with E-state index in [4.69, 9.17) is 0 Å². The standard InChI is InChI=1S/C25H23F3N8O/c1-14-8-21(33-35(14)12-16-6-4-5-7-19(16)26)31-22(37)13-36-25-23(15(2)32-36)18(24(27)28)9-20(30-25)17-10-29-34(3)11-17/h4-11,24H,12-13H2,1-3H3,(H,31,33,37). The lowest BCUT2D eigenvalue weighted by atomic mass is 10.1. The third-order valence-electron chi connectivity index (χ3n) is 5.96. The molecule has 0 spiro atoms. The van der Waals surface area contributed by atoms with Gasteiger partial charge in [-0.25, -0.2) is 22.8 Å². The number of aromatic nitrogens is 7. The number of amides is 1. The van der Waals surface area contributed by atoms with Crippen LogP contribution in [0.2, 0.25) is 0 Å². The van der Waals surface area contributed by atoms with Crippen molar-refractivity contribution in [3.63, 3.8) is 0 Å². The zero-order valence-corrected chi connectivity index (χ0v) is 20.3. The molecule has 1 aromatic carbocycles. The summed E-state index contributed by atoms with van der Waals surface area (Å²) in [6, 6.07) is 9.39. The molecule has 12 heteroatoms. The van der Waals surface area contributed by atoms with Gasteiger partial charge in [-0.1, -0.05) is 18.2 Å². The summed E-state index contributed by atoms with van der Waals surface area (Å²) in [6.07, 6.45) is 0.445. The van der Waals surface area contributed by atoms with Crippen LogP contribution in [-0.4, -0.2) is 40.2 Å². The second kappa shape index (κ2) is 9.52. The van der Waals surface area contributed by atoms with Crippen molar-refractivity contribution in [2.75, 3.05) is 5.32 Å². The van der Waals surface area contributed by atoms with Gasteiger partial charge in [0.1, 0.15) is 12.4 Å². The molecule has 9 nitrogen and oxygen atoms in total. The van der Waals surface area contributed by atoms with Crippen molar-refractivity contribution in [3.8, 4) is 11.3 Å². The second-order valence-electron chi connectivity index (χ2n) is 8.71. The fraction of sp³-hybridized carbons (Fsp3) is 0.240. The smallest absolute Gasteiger partial charge is 0.264 e. The molecule has 0 aliphatic carbocycles. The SMILES string of the molecule is Cc1nn(CC(=O)Nc2cc(C)n(Cc3ccccc3F)n2)c2nc(-c3cnn(C)c3)cc(C(F)F)c12. The van der Waals surface area contributed by atoms with Crippen LogP contribution in [0.25, 0.3) is 22.3 Å². The van der Waals surface area contributed by atoms with Crippen LogP contribution in [0.1, 0.15) is 28.9 Å². The molecule has 5 aromatic rings. The predicted molar refractivity (Wildman–Crippen MR) is 131 cm³/mol. The summed E-state index contributed by atoms with van der Waals surface area (Å²) in [4.78, 5) is 17.4. The molecule has 0 atom stereocenters. The van der Waals surface area contributed by atoms with Crippen LogP contribution in [0.15, 0.2) is 48.8 Å². The van der Waals surface area contributed by atoms with Gasteiger partial charge < -0.3 is 5.32 Å². The summed E-state index contributed by atoms with van der Waals surface area (Å²) in [7, 11) is 1.72. The molecule has 4 heterocycles. The highest BCUT2D eigenvalue weighted by Crippen LogP contribution is 2.33. The van der Waals surface area contributed by atoms with Crippen molar-refractivity contribution in [1.29, 1.82) is 0 Å². The number of halogens is 3. The predicted octanol–water partition coefficient (Wildman–Crippen LogP) is 4.41. The molecule has 0 saturated carbocycles. The van der Waals surface area contributed by atoms with Crippen molar-refractivity contribution in [2.45, 2.75) is 33.4 Å². The molecule has 4 aromatic heterocycles. The van der Waals surface area contributed by atoms with Gasteiger partial charge in [0.25, 0.3) is 6.43 Å². The lowest BCUT2D eigenvalue weighted by molar-refractivity contribution is -0.116. The van der Waals surface area contributed by atoms with Crippen LogP contribution in [0.3, 0.4) is 0 Å². The van der Waals surface area contributed by atoms with E-state index in [-0.39, 0.29) is 41.3 Å². The molecule has 37 heavy (non-hydrogen) atoms. The summed E-state index contributed by atoms with van der Waals surface area (Å²) in [5, 5.41) is 15.7. The number of nitrogens with zero attached hydrogens (tertiary/aromatic N) is 7. The van der Waals surface area contributed by atoms with Gasteiger partial charge in [-0.05, 0) is 26.0 Å². The number of carbonyl (C=O) groups is 1. The molecule has 1 N–H and O–H groups in total. The molecule has 0 fully saturated rings. The number of benzene rings is 1. The van der Waals surface area contributed by atoms with Gasteiger partial charge in [0, 0.05) is 41.7 Å². The monoisotopic (exact) mass is 508 g/mol. The number of anilines is 1. The molecule has 0 saturated heterocycles. The Morgan fingerprint density at radius 1 is 1.11 bits per heavy atom. The van der Waals surface area contributed by atoms with Crippen molar-refractivity contribution in [2.24, 2.45) is 7.05 Å². The zero-order valence-electron chi connectivity index (χ0n) is 20.3. The molecule has 0 bridgehead atoms. The quantitative estimate of drug-likeness (QED) is 0.352. The summed E-state index contributed by atoms with van der Waals surface area (Å²) in [5.74, 6) is -0.526. The van der Waals surface area contributed by atoms with Crippen molar-refractivity contribution in [1.82, 2.24) is 34.3 Å². The fourth-order valence-electron chi connectivity index (χ4n) is 4.21. The zero-order chi connectivity index (χ0) is 26.3. The van der Waals surface area contributed by atoms with E-state index >= 15 is 0 Å². The first kappa shape index (κ1) is 24.2. The molecule has 0 unspecified atom stereocenters. The maximum Gasteiger partial charge on any atom is 0.264 e. The van der Waals surface area contributed by atoms with Gasteiger partial charge in [0.2, 0.25) is 5.91 Å². The minimum atomic E-state index is -2.76. The van der Waals surface area contributed by atoms with Crippen LogP contribution >= 0.6 is 0 Å². The number of fused-ring (bicyclic) bond motifs is 1. The summed E-state index contributed by atoms with van der Waals surface area (Å²) >= 11 is 0. The first-order chi connectivity index (χ1) is 17.7. The van der Waals surface area contributed by atoms with E-state index in [9.17, 15) is 18.0 Å². The lowest BCUT2D eigenvalue weighted by Gasteiger charge is -2.08. The number of alkyl halides is 2. The highest BCUT2D eigenvalue weighted by atomic mass is 19.3. The Bertz CT molecular complexity index is 1620. The largest absolute Gasteiger partial charge is 0.308 e. The van der Waals surface area contributed by atoms with Gasteiger partial charge >= 0.3 is 0 Å². The highest BCUT2D eigenvalue weighted by molar-refractivity contribution is 5.91. The topological polar surface area (TPSA) is 95.5 Å². The molecule has 0 aliphatic rings. The number of nitrogens with one attached hydrogen (secondary N) is 1. The number of rotatable bonds is 7. The number of hydrogen-bond acceptors (Lipinski definition) is 5. The van der Waals surface area contributed by atoms with Crippen LogP contribution in [0, 0.1) is 19.7 Å². The normalized spacial score (nSPS) is 11.5. The van der Waals surface area contributed by atoms with E-state index in [1.807, 2.05) is 0 Å². The fourth-order valence-corrected chi connectivity index (χ4v) is 4.21. The Morgan fingerprint density at radius 2 is 1.89 bits per heavy atom. The highest BCUT2D eigenvalue weighted by Gasteiger charge is 2.22. The van der Waals surface area contributed by atoms with Gasteiger partial charge in [-0.2, -0.15) is 15.3 Å². The first-order valence-corrected chi connectivity index (χ1v) is 11.4. The Morgan fingerprint density at radius 3 is 2.59 bits per heavy atom. The molecule has 5 rings (SSSR count). The van der Waals surface area contributed by atoms with Gasteiger partial charge in [-0.3, -0.25) is 14.2 Å². The van der Waals surface area contributed by atoms with Crippen molar-refractivity contribution >= 4 is 22.8 Å². The second-order valence-corrected chi connectivity index (χ2v) is 8.71. The van der Waals surface area contributed by atoms with Crippen LogP contribution in [0.4, 0.5) is 19.0 Å². The van der Waals surface area contributed by atoms with E-state index in [2.05, 4.69) is 25.6 Å². The average Bonchev–Trinajstić information content (AvgIpc) is 3.52. The van der Waals surface area contributed by atoms with E-state index in [1.54, 1.807) is 60.7 Å². The molecule has 0 radical (unpaired) electrons. The number of aryl methyl sites for hydroxylation is 3. The van der Waals surface area contributed by atoms with Gasteiger partial charge in [0.15, 0.2) is 11.5 Å². The Hall–Kier alpha value is -4.48. The maximum absolute atomic E-state index is 14.0. The van der Waals surface area contributed by atoms with Crippen LogP contribution in [-0.2, 0) is 24.9 Å². The summed E-state index contributed by atoms with van der Waals surface area (Å²) in [5.41, 5.74) is 2.37. The maximum atomic E-state index is 14.0. The molecular formula is C25H23F3N8O. The molecular weight excluding hydrogens is 485 g/mol. The number of pyridine rings is 1. The van der Waals surface area contributed by atoms with Crippen LogP contribution < -0.4 is 5.32 Å². The Kier molecular flexibility index (Phi) is 6.24. The summed E-state index contributed by atoms with van der Waals surface area (Å²) < 4.78 is 46.4. The van der Waals surface area contributed by atoms with E-state index in [0.717, 1.165) is 5.69 Å². The molecule has 0 aliphatic heterocycles. The van der Waals surface area contributed by atoms with E-state index in [0.29, 0.717) is 22.5 Å². The molecule has 190 valence electrons. The Balaban J connectivity index is 1.41. The van der Waals surface area contributed by atoms with E-state index < -0.39 is 12.3 Å². The number of hydrogen-bond donors (Lipinski definition) is 1. The average molecular weight is 509 g/mol. The summed E-state index contributed by atoms with van der Waals surface area (Å²) in [6.45, 7) is 3.33. The first-order valence-electron chi connectivity index (χ1n) is 11.4. The lowest BCUT2D eigenvalue weighted by Crippen LogP contribution is -2.20. The van der Waals surface area contributed by atoms with Crippen molar-refractivity contribution in [3.05, 3.63) is 77.1 Å². The van der Waals surface area contributed by atoms with Crippen LogP contribution in [0.5, 0.6) is 0 Å². The third-order valence-corrected chi connectivity index (χ3v) is 5.96. The van der Waals surface area contributed by atoms with Gasteiger partial charge in [-0.15, -0.1) is 0 Å². The van der Waals surface area contributed by atoms with Gasteiger partial charge in [0.05, 0.1) is 29.5 Å². The third kappa shape index (κ3) is 4.82. The molecule has 1 amide bonds.